The normalized spacial score (nSPS) is 12.3. The van der Waals surface area contributed by atoms with E-state index >= 15 is 0 Å². The third-order valence-corrected chi connectivity index (χ3v) is 3.73. The summed E-state index contributed by atoms with van der Waals surface area (Å²) in [5.41, 5.74) is 1.74. The van der Waals surface area contributed by atoms with E-state index in [0.29, 0.717) is 9.86 Å². The fourth-order valence-corrected chi connectivity index (χ4v) is 2.84. The Bertz CT molecular complexity index is 665. The van der Waals surface area contributed by atoms with Crippen LogP contribution < -0.4 is 4.52 Å². The van der Waals surface area contributed by atoms with Crippen molar-refractivity contribution < 1.29 is 18.9 Å². The van der Waals surface area contributed by atoms with Crippen LogP contribution in [-0.2, 0) is 11.0 Å². The molecular formula is C12H16BrN2O4P. The molecule has 0 saturated carbocycles. The summed E-state index contributed by atoms with van der Waals surface area (Å²) in [6.07, 6.45) is 2.60. The van der Waals surface area contributed by atoms with Crippen LogP contribution in [0.15, 0.2) is 22.8 Å². The molecule has 0 saturated heterocycles. The minimum Gasteiger partial charge on any atom is -0.403 e. The van der Waals surface area contributed by atoms with Crippen LogP contribution in [0.2, 0.25) is 0 Å². The molecule has 20 heavy (non-hydrogen) atoms. The molecule has 0 radical (unpaired) electrons. The lowest BCUT2D eigenvalue weighted by atomic mass is 10.1. The van der Waals surface area contributed by atoms with E-state index in [1.165, 1.54) is 0 Å². The number of halogens is 1. The molecule has 1 heterocycles. The maximum absolute atomic E-state index is 11.1. The fourth-order valence-electron chi connectivity index (χ4n) is 2.01. The van der Waals surface area contributed by atoms with Crippen LogP contribution in [-0.4, -0.2) is 40.3 Å². The highest BCUT2D eigenvalue weighted by Gasteiger charge is 2.20. The van der Waals surface area contributed by atoms with Crippen LogP contribution in [0.1, 0.15) is 5.56 Å². The summed E-state index contributed by atoms with van der Waals surface area (Å²) in [4.78, 5) is 23.2. The lowest BCUT2D eigenvalue weighted by molar-refractivity contribution is 0.284. The Morgan fingerprint density at radius 1 is 1.40 bits per heavy atom. The van der Waals surface area contributed by atoms with Gasteiger partial charge in [-0.15, -0.1) is 0 Å². The first-order chi connectivity index (χ1) is 9.26. The molecule has 2 rings (SSSR count). The second kappa shape index (κ2) is 5.87. The highest BCUT2D eigenvalue weighted by Crippen LogP contribution is 2.43. The number of rotatable bonds is 5. The lowest BCUT2D eigenvalue weighted by Gasteiger charge is -2.12. The molecule has 0 aliphatic heterocycles. The van der Waals surface area contributed by atoms with Gasteiger partial charge in [0.05, 0.1) is 5.52 Å². The maximum Gasteiger partial charge on any atom is 0.524 e. The van der Waals surface area contributed by atoms with Gasteiger partial charge in [0.2, 0.25) is 0 Å². The molecule has 1 aromatic heterocycles. The van der Waals surface area contributed by atoms with Gasteiger partial charge in [-0.2, -0.15) is 0 Å². The predicted octanol–water partition coefficient (Wildman–Crippen LogP) is 2.51. The minimum absolute atomic E-state index is 0.178. The topological polar surface area (TPSA) is 85.8 Å². The SMILES string of the molecule is CN(C)CCc1c[nH]c2cc(Br)cc(OP(=O)(O)O)c12. The Balaban J connectivity index is 2.48. The monoisotopic (exact) mass is 362 g/mol. The van der Waals surface area contributed by atoms with Crippen molar-refractivity contribution in [1.82, 2.24) is 9.88 Å². The summed E-state index contributed by atoms with van der Waals surface area (Å²) in [6, 6.07) is 3.41. The maximum atomic E-state index is 11.1. The number of hydrogen-bond acceptors (Lipinski definition) is 3. The van der Waals surface area contributed by atoms with Gasteiger partial charge in [0, 0.05) is 22.6 Å². The molecule has 0 unspecified atom stereocenters. The number of likely N-dealkylation sites (N-methyl/N-ethyl adjacent to an activating group) is 1. The van der Waals surface area contributed by atoms with Gasteiger partial charge in [0.25, 0.3) is 0 Å². The second-order valence-corrected chi connectivity index (χ2v) is 6.85. The van der Waals surface area contributed by atoms with Crippen molar-refractivity contribution in [2.75, 3.05) is 20.6 Å². The van der Waals surface area contributed by atoms with Crippen molar-refractivity contribution in [2.24, 2.45) is 0 Å². The summed E-state index contributed by atoms with van der Waals surface area (Å²) in [5, 5.41) is 0.707. The van der Waals surface area contributed by atoms with Gasteiger partial charge in [0.15, 0.2) is 0 Å². The molecule has 0 aliphatic rings. The quantitative estimate of drug-likeness (QED) is 0.711. The summed E-state index contributed by atoms with van der Waals surface area (Å²) < 4.78 is 16.6. The van der Waals surface area contributed by atoms with Gasteiger partial charge < -0.3 is 14.4 Å². The molecule has 0 spiro atoms. The van der Waals surface area contributed by atoms with E-state index in [-0.39, 0.29) is 5.75 Å². The van der Waals surface area contributed by atoms with Crippen LogP contribution in [0.5, 0.6) is 5.75 Å². The third kappa shape index (κ3) is 3.84. The Kier molecular flexibility index (Phi) is 4.56. The van der Waals surface area contributed by atoms with Crippen molar-refractivity contribution in [3.63, 3.8) is 0 Å². The molecule has 3 N–H and O–H groups in total. The first-order valence-electron chi connectivity index (χ1n) is 5.95. The van der Waals surface area contributed by atoms with Gasteiger partial charge in [-0.3, -0.25) is 9.79 Å². The molecule has 0 atom stereocenters. The van der Waals surface area contributed by atoms with Gasteiger partial charge >= 0.3 is 7.82 Å². The van der Waals surface area contributed by atoms with E-state index in [4.69, 9.17) is 14.3 Å². The zero-order valence-electron chi connectivity index (χ0n) is 11.1. The van der Waals surface area contributed by atoms with Gasteiger partial charge in [-0.25, -0.2) is 4.57 Å². The molecule has 1 aromatic carbocycles. The standard InChI is InChI=1S/C12H16BrN2O4P/c1-15(2)4-3-8-7-14-10-5-9(13)6-11(12(8)10)19-20(16,17)18/h5-7,14H,3-4H2,1-2H3,(H2,16,17,18). The number of benzene rings is 1. The summed E-state index contributed by atoms with van der Waals surface area (Å²) in [7, 11) is -0.649. The van der Waals surface area contributed by atoms with Crippen molar-refractivity contribution >= 4 is 34.7 Å². The van der Waals surface area contributed by atoms with E-state index < -0.39 is 7.82 Å². The van der Waals surface area contributed by atoms with Crippen LogP contribution in [0.3, 0.4) is 0 Å². The van der Waals surface area contributed by atoms with Gasteiger partial charge in [-0.1, -0.05) is 15.9 Å². The van der Waals surface area contributed by atoms with Gasteiger partial charge in [-0.05, 0) is 38.2 Å². The Labute approximate surface area is 125 Å². The van der Waals surface area contributed by atoms with Gasteiger partial charge in [0.1, 0.15) is 5.75 Å². The molecule has 0 bridgehead atoms. The molecule has 0 fully saturated rings. The van der Waals surface area contributed by atoms with Crippen molar-refractivity contribution in [3.8, 4) is 5.75 Å². The molecular weight excluding hydrogens is 347 g/mol. The molecule has 0 aliphatic carbocycles. The molecule has 8 heteroatoms. The molecule has 6 nitrogen and oxygen atoms in total. The number of aromatic nitrogens is 1. The minimum atomic E-state index is -4.59. The van der Waals surface area contributed by atoms with Crippen LogP contribution >= 0.6 is 23.8 Å². The predicted molar refractivity (Wildman–Crippen MR) is 80.9 cm³/mol. The lowest BCUT2D eigenvalue weighted by Crippen LogP contribution is -2.14. The average Bonchev–Trinajstić information content (AvgIpc) is 2.67. The number of phosphoric ester groups is 1. The van der Waals surface area contributed by atoms with Crippen molar-refractivity contribution in [2.45, 2.75) is 6.42 Å². The first kappa shape index (κ1) is 15.5. The smallest absolute Gasteiger partial charge is 0.403 e. The molecule has 2 aromatic rings. The summed E-state index contributed by atoms with van der Waals surface area (Å²) in [5.74, 6) is 0.178. The number of fused-ring (bicyclic) bond motifs is 1. The van der Waals surface area contributed by atoms with E-state index in [1.54, 1.807) is 6.07 Å². The summed E-state index contributed by atoms with van der Waals surface area (Å²) in [6.45, 7) is 0.832. The zero-order chi connectivity index (χ0) is 14.9. The fraction of sp³-hybridized carbons (Fsp3) is 0.333. The molecule has 0 amide bonds. The highest BCUT2D eigenvalue weighted by molar-refractivity contribution is 9.10. The van der Waals surface area contributed by atoms with E-state index in [0.717, 1.165) is 24.0 Å². The Morgan fingerprint density at radius 2 is 2.10 bits per heavy atom. The van der Waals surface area contributed by atoms with Crippen LogP contribution in [0.4, 0.5) is 0 Å². The van der Waals surface area contributed by atoms with Crippen LogP contribution in [0, 0.1) is 0 Å². The number of nitrogens with zero attached hydrogens (tertiary/aromatic N) is 1. The number of H-pyrrole nitrogens is 1. The number of nitrogens with one attached hydrogen (secondary N) is 1. The van der Waals surface area contributed by atoms with E-state index in [2.05, 4.69) is 20.9 Å². The van der Waals surface area contributed by atoms with E-state index in [9.17, 15) is 4.57 Å². The third-order valence-electron chi connectivity index (χ3n) is 2.84. The number of phosphoric acid groups is 1. The molecule has 110 valence electrons. The highest BCUT2D eigenvalue weighted by atomic mass is 79.9. The first-order valence-corrected chi connectivity index (χ1v) is 8.28. The van der Waals surface area contributed by atoms with E-state index in [1.807, 2.05) is 31.3 Å². The summed E-state index contributed by atoms with van der Waals surface area (Å²) >= 11 is 3.30. The number of hydrogen-bond donors (Lipinski definition) is 3. The Hall–Kier alpha value is -0.850. The number of aromatic amines is 1. The van der Waals surface area contributed by atoms with Crippen LogP contribution in [0.25, 0.3) is 10.9 Å². The second-order valence-electron chi connectivity index (χ2n) is 4.78. The largest absolute Gasteiger partial charge is 0.524 e. The van der Waals surface area contributed by atoms with Crippen molar-refractivity contribution in [1.29, 1.82) is 0 Å². The Morgan fingerprint density at radius 3 is 2.70 bits per heavy atom. The zero-order valence-corrected chi connectivity index (χ0v) is 13.6. The average molecular weight is 363 g/mol. The van der Waals surface area contributed by atoms with Crippen molar-refractivity contribution in [3.05, 3.63) is 28.4 Å².